The standard InChI is InChI=1S/C20H19F2N5O3/c21-15-10-13-18(16(22)17(15)24-26-8-6-25(23)7-9-26)27(12-4-2-1-3-5-12)11-14(19(13)28)20(29)30/h1-5,10-11,24H,6-9,23H2,(H,29,30). The van der Waals surface area contributed by atoms with E-state index in [-0.39, 0.29) is 10.9 Å². The lowest BCUT2D eigenvalue weighted by Crippen LogP contribution is -2.51. The molecule has 8 nitrogen and oxygen atoms in total. The molecule has 4 N–H and O–H groups in total. The van der Waals surface area contributed by atoms with Crippen molar-refractivity contribution in [2.45, 2.75) is 0 Å². The zero-order valence-corrected chi connectivity index (χ0v) is 15.8. The summed E-state index contributed by atoms with van der Waals surface area (Å²) < 4.78 is 31.6. The van der Waals surface area contributed by atoms with Crippen LogP contribution in [0.5, 0.6) is 0 Å². The first-order valence-corrected chi connectivity index (χ1v) is 9.24. The maximum absolute atomic E-state index is 15.5. The van der Waals surface area contributed by atoms with Crippen LogP contribution < -0.4 is 16.7 Å². The molecule has 156 valence electrons. The summed E-state index contributed by atoms with van der Waals surface area (Å²) >= 11 is 0. The van der Waals surface area contributed by atoms with Crippen LogP contribution in [0.2, 0.25) is 0 Å². The molecule has 0 radical (unpaired) electrons. The normalized spacial score (nSPS) is 15.4. The summed E-state index contributed by atoms with van der Waals surface area (Å²) in [6, 6.07) is 9.25. The highest BCUT2D eigenvalue weighted by Gasteiger charge is 2.24. The second kappa shape index (κ2) is 7.82. The Balaban J connectivity index is 1.94. The number of hydrazine groups is 2. The molecule has 0 unspecified atom stereocenters. The smallest absolute Gasteiger partial charge is 0.341 e. The molecule has 3 aromatic rings. The minimum Gasteiger partial charge on any atom is -0.477 e. The Morgan fingerprint density at radius 3 is 2.40 bits per heavy atom. The van der Waals surface area contributed by atoms with E-state index in [0.29, 0.717) is 31.9 Å². The van der Waals surface area contributed by atoms with Crippen molar-refractivity contribution in [3.63, 3.8) is 0 Å². The molecule has 0 aliphatic carbocycles. The molecule has 1 fully saturated rings. The van der Waals surface area contributed by atoms with Crippen molar-refractivity contribution in [2.75, 3.05) is 31.6 Å². The molecule has 0 amide bonds. The van der Waals surface area contributed by atoms with Gasteiger partial charge < -0.3 is 15.1 Å². The van der Waals surface area contributed by atoms with E-state index in [9.17, 15) is 19.1 Å². The summed E-state index contributed by atoms with van der Waals surface area (Å²) in [5.74, 6) is 2.25. The zero-order valence-electron chi connectivity index (χ0n) is 15.8. The molecule has 0 saturated carbocycles. The van der Waals surface area contributed by atoms with E-state index in [1.54, 1.807) is 40.3 Å². The lowest BCUT2D eigenvalue weighted by Gasteiger charge is -2.33. The Morgan fingerprint density at radius 2 is 1.77 bits per heavy atom. The molecule has 0 atom stereocenters. The van der Waals surface area contributed by atoms with Gasteiger partial charge in [0, 0.05) is 38.1 Å². The number of nitrogens with zero attached hydrogens (tertiary/aromatic N) is 3. The number of benzene rings is 2. The van der Waals surface area contributed by atoms with Crippen LogP contribution in [0.25, 0.3) is 16.6 Å². The lowest BCUT2D eigenvalue weighted by atomic mass is 10.1. The van der Waals surface area contributed by atoms with Crippen LogP contribution in [0.1, 0.15) is 10.4 Å². The number of nitrogens with one attached hydrogen (secondary N) is 1. The van der Waals surface area contributed by atoms with Crippen LogP contribution in [0.15, 0.2) is 47.4 Å². The number of para-hydroxylation sites is 1. The van der Waals surface area contributed by atoms with Crippen molar-refractivity contribution >= 4 is 22.6 Å². The fourth-order valence-electron chi connectivity index (χ4n) is 3.45. The summed E-state index contributed by atoms with van der Waals surface area (Å²) in [5.41, 5.74) is 1.01. The van der Waals surface area contributed by atoms with Gasteiger partial charge in [0.15, 0.2) is 11.6 Å². The summed E-state index contributed by atoms with van der Waals surface area (Å²) in [6.07, 6.45) is 1.06. The van der Waals surface area contributed by atoms with E-state index in [4.69, 9.17) is 5.84 Å². The Labute approximate surface area is 169 Å². The van der Waals surface area contributed by atoms with Gasteiger partial charge in [0.25, 0.3) is 0 Å². The van der Waals surface area contributed by atoms with Gasteiger partial charge in [0.05, 0.1) is 10.9 Å². The Bertz CT molecular complexity index is 1170. The van der Waals surface area contributed by atoms with Crippen molar-refractivity contribution in [3.05, 3.63) is 70.0 Å². The first-order valence-electron chi connectivity index (χ1n) is 9.24. The molecule has 30 heavy (non-hydrogen) atoms. The molecule has 0 bridgehead atoms. The van der Waals surface area contributed by atoms with E-state index in [1.165, 1.54) is 4.57 Å². The number of aromatic carboxylic acids is 1. The average molecular weight is 415 g/mol. The quantitative estimate of drug-likeness (QED) is 0.558. The molecule has 0 spiro atoms. The number of halogens is 2. The van der Waals surface area contributed by atoms with E-state index >= 15 is 4.39 Å². The molecule has 2 heterocycles. The van der Waals surface area contributed by atoms with Gasteiger partial charge in [0.1, 0.15) is 11.3 Å². The molecule has 4 rings (SSSR count). The number of rotatable bonds is 4. The Morgan fingerprint density at radius 1 is 1.10 bits per heavy atom. The number of hydrogen-bond acceptors (Lipinski definition) is 6. The average Bonchev–Trinajstić information content (AvgIpc) is 2.73. The van der Waals surface area contributed by atoms with Crippen molar-refractivity contribution < 1.29 is 18.7 Å². The van der Waals surface area contributed by atoms with Crippen LogP contribution >= 0.6 is 0 Å². The van der Waals surface area contributed by atoms with Gasteiger partial charge in [-0.05, 0) is 18.2 Å². The first kappa shape index (κ1) is 20.0. The van der Waals surface area contributed by atoms with Gasteiger partial charge in [-0.1, -0.05) is 18.2 Å². The molecule has 1 saturated heterocycles. The molecular formula is C20H19F2N5O3. The van der Waals surface area contributed by atoms with Crippen LogP contribution in [0.3, 0.4) is 0 Å². The number of aromatic nitrogens is 1. The minimum absolute atomic E-state index is 0.211. The van der Waals surface area contributed by atoms with Crippen LogP contribution in [0, 0.1) is 11.6 Å². The monoisotopic (exact) mass is 415 g/mol. The maximum Gasteiger partial charge on any atom is 0.341 e. The third-order valence-corrected chi connectivity index (χ3v) is 5.03. The second-order valence-corrected chi connectivity index (χ2v) is 6.96. The highest BCUT2D eigenvalue weighted by atomic mass is 19.1. The topological polar surface area (TPSA) is 104 Å². The van der Waals surface area contributed by atoms with Gasteiger partial charge >= 0.3 is 5.97 Å². The summed E-state index contributed by atoms with van der Waals surface area (Å²) in [7, 11) is 0. The van der Waals surface area contributed by atoms with Gasteiger partial charge in [-0.3, -0.25) is 10.6 Å². The summed E-state index contributed by atoms with van der Waals surface area (Å²) in [6.45, 7) is 1.91. The second-order valence-electron chi connectivity index (χ2n) is 6.96. The third-order valence-electron chi connectivity index (χ3n) is 5.03. The molecule has 1 aromatic heterocycles. The van der Waals surface area contributed by atoms with E-state index in [0.717, 1.165) is 12.3 Å². The minimum atomic E-state index is -1.48. The largest absolute Gasteiger partial charge is 0.477 e. The van der Waals surface area contributed by atoms with Crippen molar-refractivity contribution in [1.29, 1.82) is 0 Å². The lowest BCUT2D eigenvalue weighted by molar-refractivity contribution is 0.0695. The number of carboxylic acids is 1. The van der Waals surface area contributed by atoms with Gasteiger partial charge in [-0.15, -0.1) is 0 Å². The molecule has 10 heteroatoms. The fourth-order valence-corrected chi connectivity index (χ4v) is 3.45. The number of carboxylic acid groups (broad SMARTS) is 1. The first-order chi connectivity index (χ1) is 14.4. The van der Waals surface area contributed by atoms with Crippen LogP contribution in [-0.2, 0) is 0 Å². The summed E-state index contributed by atoms with van der Waals surface area (Å²) in [4.78, 5) is 24.2. The number of carbonyl (C=O) groups is 1. The number of piperazine rings is 1. The predicted octanol–water partition coefficient (Wildman–Crippen LogP) is 1.79. The van der Waals surface area contributed by atoms with E-state index in [2.05, 4.69) is 5.43 Å². The SMILES string of the molecule is NN1CCN(Nc2c(F)cc3c(=O)c(C(=O)O)cn(-c4ccccc4)c3c2F)CC1. The van der Waals surface area contributed by atoms with Crippen LogP contribution in [-0.4, -0.2) is 51.8 Å². The molecular weight excluding hydrogens is 396 g/mol. The fraction of sp³-hybridized carbons (Fsp3) is 0.200. The van der Waals surface area contributed by atoms with E-state index in [1.807, 2.05) is 0 Å². The van der Waals surface area contributed by atoms with Crippen molar-refractivity contribution in [2.24, 2.45) is 5.84 Å². The zero-order chi connectivity index (χ0) is 21.4. The van der Waals surface area contributed by atoms with Gasteiger partial charge in [-0.2, -0.15) is 0 Å². The Hall–Kier alpha value is -3.34. The number of nitrogens with two attached hydrogens (primary N) is 1. The number of fused-ring (bicyclic) bond motifs is 1. The van der Waals surface area contributed by atoms with E-state index < -0.39 is 34.3 Å². The molecule has 1 aliphatic rings. The molecule has 2 aromatic carbocycles. The van der Waals surface area contributed by atoms with Crippen molar-refractivity contribution in [1.82, 2.24) is 14.6 Å². The highest BCUT2D eigenvalue weighted by molar-refractivity contribution is 5.94. The van der Waals surface area contributed by atoms with Gasteiger partial charge in [0.2, 0.25) is 5.43 Å². The van der Waals surface area contributed by atoms with Crippen molar-refractivity contribution in [3.8, 4) is 5.69 Å². The number of hydrogen-bond donors (Lipinski definition) is 3. The molecule has 1 aliphatic heterocycles. The summed E-state index contributed by atoms with van der Waals surface area (Å²) in [5, 5.41) is 12.3. The number of pyridine rings is 1. The van der Waals surface area contributed by atoms with Crippen LogP contribution in [0.4, 0.5) is 14.5 Å². The highest BCUT2D eigenvalue weighted by Crippen LogP contribution is 2.29. The third kappa shape index (κ3) is 3.52. The maximum atomic E-state index is 15.5. The number of anilines is 1. The van der Waals surface area contributed by atoms with Gasteiger partial charge in [-0.25, -0.2) is 23.6 Å². The Kier molecular flexibility index (Phi) is 5.20. The predicted molar refractivity (Wildman–Crippen MR) is 107 cm³/mol.